The van der Waals surface area contributed by atoms with Crippen LogP contribution in [0.15, 0.2) is 60.9 Å². The second-order valence-corrected chi connectivity index (χ2v) is 9.44. The molecule has 0 spiro atoms. The molecule has 3 aromatic rings. The lowest BCUT2D eigenvalue weighted by Crippen LogP contribution is -2.12. The molecule has 0 aliphatic rings. The van der Waals surface area contributed by atoms with Crippen molar-refractivity contribution in [3.63, 3.8) is 0 Å². The van der Waals surface area contributed by atoms with Crippen LogP contribution in [0, 0.1) is 0 Å². The fourth-order valence-corrected chi connectivity index (χ4v) is 4.54. The third kappa shape index (κ3) is 7.68. The molecule has 0 amide bonds. The molecule has 0 N–H and O–H groups in total. The van der Waals surface area contributed by atoms with E-state index in [1.165, 1.54) is 68.1 Å². The molecule has 1 aromatic heterocycles. The zero-order valence-electron chi connectivity index (χ0n) is 21.6. The summed E-state index contributed by atoms with van der Waals surface area (Å²) in [6.45, 7) is 8.90. The first-order valence-electron chi connectivity index (χ1n) is 13.3. The monoisotopic (exact) mass is 458 g/mol. The average molecular weight is 459 g/mol. The van der Waals surface area contributed by atoms with Crippen LogP contribution < -0.4 is 4.74 Å². The highest BCUT2D eigenvalue weighted by Crippen LogP contribution is 2.28. The summed E-state index contributed by atoms with van der Waals surface area (Å²) in [6.07, 6.45) is 15.0. The molecule has 0 saturated carbocycles. The van der Waals surface area contributed by atoms with E-state index in [0.717, 1.165) is 17.7 Å². The van der Waals surface area contributed by atoms with Crippen LogP contribution in [0.4, 0.5) is 0 Å². The van der Waals surface area contributed by atoms with Crippen molar-refractivity contribution in [2.45, 2.75) is 97.5 Å². The zero-order valence-corrected chi connectivity index (χ0v) is 21.6. The number of ether oxygens (including phenoxy) is 1. The summed E-state index contributed by atoms with van der Waals surface area (Å²) in [6, 6.07) is 17.6. The smallest absolute Gasteiger partial charge is 0.232 e. The lowest BCUT2D eigenvalue weighted by molar-refractivity contribution is 0.197. The van der Waals surface area contributed by atoms with E-state index in [1.807, 2.05) is 6.20 Å². The maximum absolute atomic E-state index is 5.98. The van der Waals surface area contributed by atoms with Crippen molar-refractivity contribution in [1.82, 2.24) is 9.97 Å². The van der Waals surface area contributed by atoms with Crippen molar-refractivity contribution in [2.24, 2.45) is 0 Å². The Kier molecular flexibility index (Phi) is 10.6. The number of rotatable bonds is 14. The summed E-state index contributed by atoms with van der Waals surface area (Å²) in [7, 11) is 0. The summed E-state index contributed by atoms with van der Waals surface area (Å²) in [4.78, 5) is 9.10. The zero-order chi connectivity index (χ0) is 24.2. The molecule has 3 heteroatoms. The molecular weight excluding hydrogens is 416 g/mol. The summed E-state index contributed by atoms with van der Waals surface area (Å²) in [5, 5.41) is 0. The Morgan fingerprint density at radius 2 is 1.26 bits per heavy atom. The van der Waals surface area contributed by atoms with Gasteiger partial charge in [-0.1, -0.05) is 101 Å². The molecular formula is C31H42N2O. The predicted octanol–water partition coefficient (Wildman–Crippen LogP) is 9.23. The van der Waals surface area contributed by atoms with Crippen molar-refractivity contribution < 1.29 is 4.74 Å². The summed E-state index contributed by atoms with van der Waals surface area (Å²) in [5.74, 6) is 1.26. The predicted molar refractivity (Wildman–Crippen MR) is 144 cm³/mol. The normalized spacial score (nSPS) is 12.1. The third-order valence-electron chi connectivity index (χ3n) is 6.80. The van der Waals surface area contributed by atoms with Crippen LogP contribution in [0.2, 0.25) is 0 Å². The van der Waals surface area contributed by atoms with Crippen molar-refractivity contribution >= 4 is 0 Å². The van der Waals surface area contributed by atoms with Gasteiger partial charge < -0.3 is 4.74 Å². The second-order valence-electron chi connectivity index (χ2n) is 9.44. The van der Waals surface area contributed by atoms with Gasteiger partial charge >= 0.3 is 0 Å². The largest absolute Gasteiger partial charge is 0.474 e. The standard InChI is InChI=1S/C31H42N2O/c1-5-8-9-10-11-12-13-24(4)34-31-23-32-30(22-33-31)29-20-18-28(19-21-29)27-16-14-26(15-17-27)25(6-2)7-3/h14-25H,5-13H2,1-4H3. The Balaban J connectivity index is 1.53. The van der Waals surface area contributed by atoms with Crippen molar-refractivity contribution in [3.05, 3.63) is 66.5 Å². The van der Waals surface area contributed by atoms with Gasteiger partial charge in [-0.3, -0.25) is 0 Å². The number of hydrogen-bond acceptors (Lipinski definition) is 3. The molecule has 1 heterocycles. The maximum atomic E-state index is 5.98. The Labute approximate surface area is 207 Å². The summed E-state index contributed by atoms with van der Waals surface area (Å²) < 4.78 is 5.98. The molecule has 0 radical (unpaired) electrons. The van der Waals surface area contributed by atoms with E-state index >= 15 is 0 Å². The van der Waals surface area contributed by atoms with Gasteiger partial charge in [0.2, 0.25) is 5.88 Å². The van der Waals surface area contributed by atoms with Crippen LogP contribution in [0.1, 0.15) is 97.0 Å². The molecule has 0 saturated heterocycles. The van der Waals surface area contributed by atoms with E-state index in [0.29, 0.717) is 11.8 Å². The van der Waals surface area contributed by atoms with E-state index in [-0.39, 0.29) is 6.10 Å². The summed E-state index contributed by atoms with van der Waals surface area (Å²) >= 11 is 0. The Morgan fingerprint density at radius 1 is 0.676 bits per heavy atom. The number of hydrogen-bond donors (Lipinski definition) is 0. The van der Waals surface area contributed by atoms with Crippen LogP contribution in [0.5, 0.6) is 5.88 Å². The first-order valence-corrected chi connectivity index (χ1v) is 13.3. The maximum Gasteiger partial charge on any atom is 0.232 e. The van der Waals surface area contributed by atoms with E-state index in [2.05, 4.69) is 86.2 Å². The highest BCUT2D eigenvalue weighted by molar-refractivity contribution is 5.68. The first kappa shape index (κ1) is 25.9. The molecule has 34 heavy (non-hydrogen) atoms. The molecule has 1 unspecified atom stereocenters. The van der Waals surface area contributed by atoms with Gasteiger partial charge in [0.05, 0.1) is 24.2 Å². The lowest BCUT2D eigenvalue weighted by atomic mass is 9.92. The van der Waals surface area contributed by atoms with Crippen LogP contribution >= 0.6 is 0 Å². The fraction of sp³-hybridized carbons (Fsp3) is 0.484. The van der Waals surface area contributed by atoms with Crippen LogP contribution in [0.25, 0.3) is 22.4 Å². The SMILES string of the molecule is CCCCCCCCC(C)Oc1cnc(-c2ccc(-c3ccc(C(CC)CC)cc3)cc2)cn1. The molecule has 0 aliphatic heterocycles. The van der Waals surface area contributed by atoms with Gasteiger partial charge in [-0.05, 0) is 55.2 Å². The Hall–Kier alpha value is -2.68. The third-order valence-corrected chi connectivity index (χ3v) is 6.80. The number of nitrogens with zero attached hydrogens (tertiary/aromatic N) is 2. The first-order chi connectivity index (χ1) is 16.6. The van der Waals surface area contributed by atoms with Gasteiger partial charge in [-0.25, -0.2) is 9.97 Å². The van der Waals surface area contributed by atoms with Gasteiger partial charge in [-0.2, -0.15) is 0 Å². The van der Waals surface area contributed by atoms with E-state index in [9.17, 15) is 0 Å². The molecule has 3 nitrogen and oxygen atoms in total. The average Bonchev–Trinajstić information content (AvgIpc) is 2.88. The van der Waals surface area contributed by atoms with Crippen LogP contribution in [-0.4, -0.2) is 16.1 Å². The topological polar surface area (TPSA) is 35.0 Å². The van der Waals surface area contributed by atoms with Crippen molar-refractivity contribution in [1.29, 1.82) is 0 Å². The van der Waals surface area contributed by atoms with E-state index < -0.39 is 0 Å². The molecule has 2 aromatic carbocycles. The quantitative estimate of drug-likeness (QED) is 0.226. The second kappa shape index (κ2) is 13.9. The fourth-order valence-electron chi connectivity index (χ4n) is 4.54. The Morgan fingerprint density at radius 3 is 1.85 bits per heavy atom. The van der Waals surface area contributed by atoms with E-state index in [1.54, 1.807) is 6.20 Å². The Bertz CT molecular complexity index is 944. The molecule has 1 atom stereocenters. The number of benzene rings is 2. The lowest BCUT2D eigenvalue weighted by Gasteiger charge is -2.14. The minimum Gasteiger partial charge on any atom is -0.474 e. The van der Waals surface area contributed by atoms with Crippen molar-refractivity contribution in [3.8, 4) is 28.3 Å². The molecule has 0 bridgehead atoms. The van der Waals surface area contributed by atoms with Crippen molar-refractivity contribution in [2.75, 3.05) is 0 Å². The molecule has 182 valence electrons. The molecule has 0 fully saturated rings. The van der Waals surface area contributed by atoms with E-state index in [4.69, 9.17) is 4.74 Å². The molecule has 3 rings (SSSR count). The minimum atomic E-state index is 0.168. The highest BCUT2D eigenvalue weighted by atomic mass is 16.5. The summed E-state index contributed by atoms with van der Waals surface area (Å²) in [5.41, 5.74) is 5.83. The van der Waals surface area contributed by atoms with Gasteiger partial charge in [0.15, 0.2) is 0 Å². The van der Waals surface area contributed by atoms with Gasteiger partial charge in [0.1, 0.15) is 0 Å². The van der Waals surface area contributed by atoms with Gasteiger partial charge in [-0.15, -0.1) is 0 Å². The van der Waals surface area contributed by atoms with Crippen LogP contribution in [0.3, 0.4) is 0 Å². The minimum absolute atomic E-state index is 0.168. The number of unbranched alkanes of at least 4 members (excludes halogenated alkanes) is 5. The number of aromatic nitrogens is 2. The van der Waals surface area contributed by atoms with Gasteiger partial charge in [0, 0.05) is 5.56 Å². The van der Waals surface area contributed by atoms with Gasteiger partial charge in [0.25, 0.3) is 0 Å². The molecule has 0 aliphatic carbocycles. The highest BCUT2D eigenvalue weighted by Gasteiger charge is 2.09. The van der Waals surface area contributed by atoms with Crippen LogP contribution in [-0.2, 0) is 0 Å².